The first-order chi connectivity index (χ1) is 7.83. The Labute approximate surface area is 96.5 Å². The van der Waals surface area contributed by atoms with Gasteiger partial charge in [-0.1, -0.05) is 13.0 Å². The molecule has 1 aromatic rings. The predicted molar refractivity (Wildman–Crippen MR) is 64.1 cm³/mol. The molecule has 16 heavy (non-hydrogen) atoms. The third-order valence-corrected chi connectivity index (χ3v) is 2.12. The first kappa shape index (κ1) is 12.6. The molecule has 0 aromatic carbocycles. The molecule has 0 spiro atoms. The van der Waals surface area contributed by atoms with Gasteiger partial charge in [-0.3, -0.25) is 9.78 Å². The Hall–Kier alpha value is -1.42. The fourth-order valence-electron chi connectivity index (χ4n) is 1.32. The number of hydrogen-bond acceptors (Lipinski definition) is 3. The zero-order valence-corrected chi connectivity index (χ0v) is 9.70. The predicted octanol–water partition coefficient (Wildman–Crippen LogP) is 0.740. The second-order valence-corrected chi connectivity index (χ2v) is 3.60. The summed E-state index contributed by atoms with van der Waals surface area (Å²) >= 11 is 0. The van der Waals surface area contributed by atoms with Gasteiger partial charge in [-0.15, -0.1) is 0 Å². The largest absolute Gasteiger partial charge is 0.354 e. The van der Waals surface area contributed by atoms with Crippen LogP contribution < -0.4 is 10.6 Å². The number of nitrogens with one attached hydrogen (secondary N) is 2. The van der Waals surface area contributed by atoms with E-state index in [1.54, 1.807) is 6.20 Å². The van der Waals surface area contributed by atoms with Gasteiger partial charge in [0.2, 0.25) is 5.91 Å². The van der Waals surface area contributed by atoms with Gasteiger partial charge in [0, 0.05) is 25.0 Å². The average molecular weight is 221 g/mol. The summed E-state index contributed by atoms with van der Waals surface area (Å²) < 4.78 is 0. The second-order valence-electron chi connectivity index (χ2n) is 3.60. The number of amides is 1. The molecule has 1 aromatic heterocycles. The Balaban J connectivity index is 2.12. The molecule has 0 saturated carbocycles. The molecule has 0 aliphatic carbocycles. The highest BCUT2D eigenvalue weighted by molar-refractivity contribution is 5.78. The van der Waals surface area contributed by atoms with E-state index >= 15 is 0 Å². The Morgan fingerprint density at radius 2 is 2.19 bits per heavy atom. The van der Waals surface area contributed by atoms with Gasteiger partial charge in [-0.05, 0) is 25.1 Å². The molecule has 1 rings (SSSR count). The summed E-state index contributed by atoms with van der Waals surface area (Å²) in [4.78, 5) is 15.6. The lowest BCUT2D eigenvalue weighted by atomic mass is 10.2. The number of carbonyl (C=O) groups is 1. The van der Waals surface area contributed by atoms with Crippen molar-refractivity contribution in [1.29, 1.82) is 0 Å². The quantitative estimate of drug-likeness (QED) is 0.668. The Morgan fingerprint density at radius 3 is 2.88 bits per heavy atom. The minimum Gasteiger partial charge on any atom is -0.354 e. The summed E-state index contributed by atoms with van der Waals surface area (Å²) in [6.07, 6.45) is 3.17. The number of rotatable bonds is 7. The summed E-state index contributed by atoms with van der Waals surface area (Å²) in [5.74, 6) is 0.0250. The smallest absolute Gasteiger partial charge is 0.226 e. The first-order valence-corrected chi connectivity index (χ1v) is 5.70. The lowest BCUT2D eigenvalue weighted by molar-refractivity contribution is -0.120. The summed E-state index contributed by atoms with van der Waals surface area (Å²) in [6.45, 7) is 4.61. The lowest BCUT2D eigenvalue weighted by Gasteiger charge is -2.05. The van der Waals surface area contributed by atoms with Crippen LogP contribution in [0.5, 0.6) is 0 Å². The van der Waals surface area contributed by atoms with E-state index in [1.807, 2.05) is 18.2 Å². The van der Waals surface area contributed by atoms with Gasteiger partial charge in [0.05, 0.1) is 6.42 Å². The molecule has 0 atom stereocenters. The van der Waals surface area contributed by atoms with Gasteiger partial charge in [0.25, 0.3) is 0 Å². The van der Waals surface area contributed by atoms with Crippen molar-refractivity contribution in [3.8, 4) is 0 Å². The normalized spacial score (nSPS) is 10.1. The minimum atomic E-state index is 0.0250. The van der Waals surface area contributed by atoms with Gasteiger partial charge in [0.1, 0.15) is 0 Å². The molecule has 0 bridgehead atoms. The van der Waals surface area contributed by atoms with Crippen LogP contribution in [0, 0.1) is 0 Å². The monoisotopic (exact) mass is 221 g/mol. The summed E-state index contributed by atoms with van der Waals surface area (Å²) in [6, 6.07) is 5.59. The molecule has 4 heteroatoms. The second kappa shape index (κ2) is 7.82. The highest BCUT2D eigenvalue weighted by atomic mass is 16.1. The van der Waals surface area contributed by atoms with Crippen molar-refractivity contribution in [2.45, 2.75) is 19.8 Å². The number of nitrogens with zero attached hydrogens (tertiary/aromatic N) is 1. The van der Waals surface area contributed by atoms with E-state index in [-0.39, 0.29) is 5.91 Å². The molecule has 1 amide bonds. The summed E-state index contributed by atoms with van der Waals surface area (Å²) in [7, 11) is 0. The molecule has 0 aliphatic heterocycles. The molecule has 0 fully saturated rings. The van der Waals surface area contributed by atoms with Gasteiger partial charge in [0.15, 0.2) is 0 Å². The minimum absolute atomic E-state index is 0.0250. The van der Waals surface area contributed by atoms with E-state index in [0.29, 0.717) is 13.0 Å². The first-order valence-electron chi connectivity index (χ1n) is 5.70. The average Bonchev–Trinajstić information content (AvgIpc) is 2.30. The lowest BCUT2D eigenvalue weighted by Crippen LogP contribution is -2.33. The van der Waals surface area contributed by atoms with Crippen LogP contribution in [0.4, 0.5) is 0 Å². The van der Waals surface area contributed by atoms with E-state index in [1.165, 1.54) is 0 Å². The van der Waals surface area contributed by atoms with Crippen molar-refractivity contribution >= 4 is 5.91 Å². The number of aromatic nitrogens is 1. The maximum atomic E-state index is 11.5. The standard InChI is InChI=1S/C12H19N3O/c1-2-6-13-8-9-15-12(16)10-11-5-3-4-7-14-11/h3-5,7,13H,2,6,8-10H2,1H3,(H,15,16). The van der Waals surface area contributed by atoms with E-state index in [9.17, 15) is 4.79 Å². The fourth-order valence-corrected chi connectivity index (χ4v) is 1.32. The van der Waals surface area contributed by atoms with E-state index < -0.39 is 0 Å². The summed E-state index contributed by atoms with van der Waals surface area (Å²) in [5.41, 5.74) is 0.807. The Kier molecular flexibility index (Phi) is 6.18. The van der Waals surface area contributed by atoms with Crippen molar-refractivity contribution in [2.75, 3.05) is 19.6 Å². The van der Waals surface area contributed by atoms with Crippen molar-refractivity contribution in [1.82, 2.24) is 15.6 Å². The Morgan fingerprint density at radius 1 is 1.31 bits per heavy atom. The van der Waals surface area contributed by atoms with Gasteiger partial charge in [-0.2, -0.15) is 0 Å². The van der Waals surface area contributed by atoms with Crippen LogP contribution in [0.3, 0.4) is 0 Å². The van der Waals surface area contributed by atoms with Gasteiger partial charge < -0.3 is 10.6 Å². The maximum Gasteiger partial charge on any atom is 0.226 e. The molecular weight excluding hydrogens is 202 g/mol. The molecular formula is C12H19N3O. The van der Waals surface area contributed by atoms with Crippen LogP contribution >= 0.6 is 0 Å². The molecule has 1 heterocycles. The molecule has 88 valence electrons. The van der Waals surface area contributed by atoms with E-state index in [2.05, 4.69) is 22.5 Å². The molecule has 0 saturated heterocycles. The topological polar surface area (TPSA) is 54.0 Å². The third-order valence-electron chi connectivity index (χ3n) is 2.12. The van der Waals surface area contributed by atoms with Crippen molar-refractivity contribution < 1.29 is 4.79 Å². The maximum absolute atomic E-state index is 11.5. The third kappa shape index (κ3) is 5.46. The van der Waals surface area contributed by atoms with Gasteiger partial charge in [-0.25, -0.2) is 0 Å². The number of hydrogen-bond donors (Lipinski definition) is 2. The van der Waals surface area contributed by atoms with Gasteiger partial charge >= 0.3 is 0 Å². The molecule has 0 unspecified atom stereocenters. The van der Waals surface area contributed by atoms with Crippen LogP contribution in [0.25, 0.3) is 0 Å². The Bertz CT molecular complexity index is 300. The molecule has 2 N–H and O–H groups in total. The van der Waals surface area contributed by atoms with Crippen LogP contribution in [-0.4, -0.2) is 30.5 Å². The summed E-state index contributed by atoms with van der Waals surface area (Å²) in [5, 5.41) is 6.07. The van der Waals surface area contributed by atoms with Crippen molar-refractivity contribution in [3.05, 3.63) is 30.1 Å². The van der Waals surface area contributed by atoms with Crippen LogP contribution in [0.15, 0.2) is 24.4 Å². The zero-order valence-electron chi connectivity index (χ0n) is 9.70. The van der Waals surface area contributed by atoms with E-state index in [0.717, 1.165) is 25.2 Å². The SMILES string of the molecule is CCCNCCNC(=O)Cc1ccccn1. The van der Waals surface area contributed by atoms with Crippen LogP contribution in [0.1, 0.15) is 19.0 Å². The van der Waals surface area contributed by atoms with Crippen molar-refractivity contribution in [2.24, 2.45) is 0 Å². The zero-order chi connectivity index (χ0) is 11.6. The molecule has 4 nitrogen and oxygen atoms in total. The number of pyridine rings is 1. The van der Waals surface area contributed by atoms with Crippen LogP contribution in [0.2, 0.25) is 0 Å². The fraction of sp³-hybridized carbons (Fsp3) is 0.500. The molecule has 0 radical (unpaired) electrons. The van der Waals surface area contributed by atoms with Crippen LogP contribution in [-0.2, 0) is 11.2 Å². The molecule has 0 aliphatic rings. The highest BCUT2D eigenvalue weighted by Gasteiger charge is 2.02. The van der Waals surface area contributed by atoms with Crippen molar-refractivity contribution in [3.63, 3.8) is 0 Å². The highest BCUT2D eigenvalue weighted by Crippen LogP contribution is 1.93. The van der Waals surface area contributed by atoms with E-state index in [4.69, 9.17) is 0 Å². The number of carbonyl (C=O) groups excluding carboxylic acids is 1.